The molecule has 1 aliphatic heterocycles. The van der Waals surface area contributed by atoms with E-state index in [1.54, 1.807) is 13.1 Å². The third-order valence-electron chi connectivity index (χ3n) is 4.82. The second kappa shape index (κ2) is 11.3. The molecular formula is C19H27ClF3N3O2. The summed E-state index contributed by atoms with van der Waals surface area (Å²) in [5, 5.41) is 5.53. The number of likely N-dealkylation sites (tertiary alicyclic amines) is 1. The molecule has 28 heavy (non-hydrogen) atoms. The largest absolute Gasteiger partial charge is 0.416 e. The van der Waals surface area contributed by atoms with Crippen LogP contribution in [0.4, 0.5) is 13.2 Å². The quantitative estimate of drug-likeness (QED) is 0.711. The van der Waals surface area contributed by atoms with Crippen molar-refractivity contribution < 1.29 is 22.8 Å². The van der Waals surface area contributed by atoms with Crippen LogP contribution in [0.25, 0.3) is 0 Å². The summed E-state index contributed by atoms with van der Waals surface area (Å²) in [6.45, 7) is 1.83. The molecule has 2 rings (SSSR count). The van der Waals surface area contributed by atoms with Gasteiger partial charge in [-0.3, -0.25) is 9.59 Å². The van der Waals surface area contributed by atoms with E-state index >= 15 is 0 Å². The Morgan fingerprint density at radius 2 is 1.89 bits per heavy atom. The minimum atomic E-state index is -4.39. The lowest BCUT2D eigenvalue weighted by Gasteiger charge is -2.32. The topological polar surface area (TPSA) is 61.4 Å². The smallest absolute Gasteiger partial charge is 0.352 e. The highest BCUT2D eigenvalue weighted by atomic mass is 35.5. The van der Waals surface area contributed by atoms with Gasteiger partial charge < -0.3 is 15.5 Å². The van der Waals surface area contributed by atoms with E-state index in [0.29, 0.717) is 37.5 Å². The van der Waals surface area contributed by atoms with Crippen LogP contribution in [0.15, 0.2) is 24.3 Å². The SMILES string of the molecule is CNCC(=O)N1CCC(CCC(=O)NCc2cccc(C(F)(F)F)c2)CC1.Cl. The van der Waals surface area contributed by atoms with E-state index in [4.69, 9.17) is 0 Å². The number of likely N-dealkylation sites (N-methyl/N-ethyl adjacent to an activating group) is 1. The molecule has 2 amide bonds. The average molecular weight is 422 g/mol. The Morgan fingerprint density at radius 3 is 2.50 bits per heavy atom. The molecule has 1 heterocycles. The van der Waals surface area contributed by atoms with Crippen molar-refractivity contribution in [2.24, 2.45) is 5.92 Å². The van der Waals surface area contributed by atoms with Crippen LogP contribution in [0, 0.1) is 5.92 Å². The zero-order valence-electron chi connectivity index (χ0n) is 15.8. The molecule has 0 aliphatic carbocycles. The normalized spacial score (nSPS) is 15.1. The molecule has 0 saturated carbocycles. The van der Waals surface area contributed by atoms with Gasteiger partial charge in [-0.1, -0.05) is 12.1 Å². The van der Waals surface area contributed by atoms with Gasteiger partial charge in [0.2, 0.25) is 11.8 Å². The maximum atomic E-state index is 12.7. The number of carbonyl (C=O) groups excluding carboxylic acids is 2. The van der Waals surface area contributed by atoms with Crippen molar-refractivity contribution in [1.29, 1.82) is 0 Å². The highest BCUT2D eigenvalue weighted by Crippen LogP contribution is 2.29. The van der Waals surface area contributed by atoms with Crippen LogP contribution >= 0.6 is 12.4 Å². The third kappa shape index (κ3) is 7.67. The maximum absolute atomic E-state index is 12.7. The van der Waals surface area contributed by atoms with Crippen molar-refractivity contribution in [1.82, 2.24) is 15.5 Å². The van der Waals surface area contributed by atoms with Crippen LogP contribution in [0.2, 0.25) is 0 Å². The number of rotatable bonds is 7. The fraction of sp³-hybridized carbons (Fsp3) is 0.579. The van der Waals surface area contributed by atoms with Crippen LogP contribution in [0.1, 0.15) is 36.8 Å². The standard InChI is InChI=1S/C19H26F3N3O2.ClH/c1-23-13-18(27)25-9-7-14(8-10-25)5-6-17(26)24-12-15-3-2-4-16(11-15)19(20,21)22;/h2-4,11,14,23H,5-10,12-13H2,1H3,(H,24,26);1H. The van der Waals surface area contributed by atoms with Gasteiger partial charge in [0.15, 0.2) is 0 Å². The summed E-state index contributed by atoms with van der Waals surface area (Å²) < 4.78 is 38.1. The second-order valence-electron chi connectivity index (χ2n) is 6.87. The number of piperidine rings is 1. The Labute approximate surface area is 169 Å². The number of nitrogens with one attached hydrogen (secondary N) is 2. The number of benzene rings is 1. The van der Waals surface area contributed by atoms with E-state index < -0.39 is 11.7 Å². The van der Waals surface area contributed by atoms with Crippen molar-refractivity contribution in [3.8, 4) is 0 Å². The maximum Gasteiger partial charge on any atom is 0.416 e. The molecule has 0 spiro atoms. The van der Waals surface area contributed by atoms with Crippen LogP contribution in [0.5, 0.6) is 0 Å². The fourth-order valence-corrected chi connectivity index (χ4v) is 3.22. The van der Waals surface area contributed by atoms with Gasteiger partial charge >= 0.3 is 6.18 Å². The Hall–Kier alpha value is -1.80. The number of nitrogens with zero attached hydrogens (tertiary/aromatic N) is 1. The minimum absolute atomic E-state index is 0. The predicted octanol–water partition coefficient (Wildman–Crippen LogP) is 2.98. The highest BCUT2D eigenvalue weighted by Gasteiger charge is 2.30. The molecule has 0 atom stereocenters. The Morgan fingerprint density at radius 1 is 1.21 bits per heavy atom. The van der Waals surface area contributed by atoms with Crippen molar-refractivity contribution in [2.45, 2.75) is 38.4 Å². The Balaban J connectivity index is 0.00000392. The number of hydrogen-bond donors (Lipinski definition) is 2. The molecule has 2 N–H and O–H groups in total. The summed E-state index contributed by atoms with van der Waals surface area (Å²) in [4.78, 5) is 25.6. The zero-order chi connectivity index (χ0) is 19.9. The van der Waals surface area contributed by atoms with E-state index in [9.17, 15) is 22.8 Å². The molecular weight excluding hydrogens is 395 g/mol. The number of carbonyl (C=O) groups is 2. The van der Waals surface area contributed by atoms with Crippen molar-refractivity contribution in [3.05, 3.63) is 35.4 Å². The molecule has 0 bridgehead atoms. The van der Waals surface area contributed by atoms with Crippen molar-refractivity contribution in [3.63, 3.8) is 0 Å². The average Bonchev–Trinajstić information content (AvgIpc) is 2.65. The van der Waals surface area contributed by atoms with Crippen LogP contribution < -0.4 is 10.6 Å². The van der Waals surface area contributed by atoms with E-state index in [-0.39, 0.29) is 30.8 Å². The van der Waals surface area contributed by atoms with Crippen LogP contribution in [0.3, 0.4) is 0 Å². The zero-order valence-corrected chi connectivity index (χ0v) is 16.7. The summed E-state index contributed by atoms with van der Waals surface area (Å²) in [7, 11) is 1.74. The van der Waals surface area contributed by atoms with Gasteiger partial charge in [-0.15, -0.1) is 12.4 Å². The molecule has 158 valence electrons. The second-order valence-corrected chi connectivity index (χ2v) is 6.87. The minimum Gasteiger partial charge on any atom is -0.352 e. The van der Waals surface area contributed by atoms with Crippen LogP contribution in [-0.2, 0) is 22.3 Å². The van der Waals surface area contributed by atoms with Gasteiger partial charge in [-0.05, 0) is 49.9 Å². The summed E-state index contributed by atoms with van der Waals surface area (Å²) >= 11 is 0. The number of halogens is 4. The van der Waals surface area contributed by atoms with Crippen LogP contribution in [-0.4, -0.2) is 43.4 Å². The van der Waals surface area contributed by atoms with E-state index in [0.717, 1.165) is 31.4 Å². The molecule has 1 saturated heterocycles. The molecule has 1 aliphatic rings. The van der Waals surface area contributed by atoms with Gasteiger partial charge in [0.1, 0.15) is 0 Å². The van der Waals surface area contributed by atoms with Gasteiger partial charge in [0.05, 0.1) is 12.1 Å². The monoisotopic (exact) mass is 421 g/mol. The van der Waals surface area contributed by atoms with Crippen molar-refractivity contribution in [2.75, 3.05) is 26.7 Å². The lowest BCUT2D eigenvalue weighted by molar-refractivity contribution is -0.137. The third-order valence-corrected chi connectivity index (χ3v) is 4.82. The molecule has 1 aromatic carbocycles. The first-order valence-corrected chi connectivity index (χ1v) is 9.15. The molecule has 0 aromatic heterocycles. The number of hydrogen-bond acceptors (Lipinski definition) is 3. The molecule has 5 nitrogen and oxygen atoms in total. The van der Waals surface area contributed by atoms with E-state index in [1.165, 1.54) is 6.07 Å². The van der Waals surface area contributed by atoms with Gasteiger partial charge in [0, 0.05) is 26.1 Å². The first kappa shape index (κ1) is 24.2. The predicted molar refractivity (Wildman–Crippen MR) is 103 cm³/mol. The molecule has 0 unspecified atom stereocenters. The van der Waals surface area contributed by atoms with Gasteiger partial charge in [0.25, 0.3) is 0 Å². The fourth-order valence-electron chi connectivity index (χ4n) is 3.22. The summed E-state index contributed by atoms with van der Waals surface area (Å²) in [6, 6.07) is 4.97. The highest BCUT2D eigenvalue weighted by molar-refractivity contribution is 5.85. The molecule has 0 radical (unpaired) electrons. The lowest BCUT2D eigenvalue weighted by Crippen LogP contribution is -2.42. The molecule has 1 aromatic rings. The number of alkyl halides is 3. The Kier molecular flexibility index (Phi) is 9.75. The lowest BCUT2D eigenvalue weighted by atomic mass is 9.92. The van der Waals surface area contributed by atoms with E-state index in [1.807, 2.05) is 4.90 Å². The van der Waals surface area contributed by atoms with Gasteiger partial charge in [-0.2, -0.15) is 13.2 Å². The summed E-state index contributed by atoms with van der Waals surface area (Å²) in [5.41, 5.74) is -0.289. The van der Waals surface area contributed by atoms with E-state index in [2.05, 4.69) is 10.6 Å². The summed E-state index contributed by atoms with van der Waals surface area (Å²) in [6.07, 6.45) is -1.58. The Bertz CT molecular complexity index is 648. The first-order chi connectivity index (χ1) is 12.8. The number of amides is 2. The van der Waals surface area contributed by atoms with Gasteiger partial charge in [-0.25, -0.2) is 0 Å². The molecule has 1 fully saturated rings. The van der Waals surface area contributed by atoms with Crippen molar-refractivity contribution >= 4 is 24.2 Å². The summed E-state index contributed by atoms with van der Waals surface area (Å²) in [5.74, 6) is 0.318. The first-order valence-electron chi connectivity index (χ1n) is 9.15. The molecule has 9 heteroatoms.